The van der Waals surface area contributed by atoms with E-state index in [2.05, 4.69) is 27.3 Å². The van der Waals surface area contributed by atoms with Gasteiger partial charge in [-0.25, -0.2) is 0 Å². The Morgan fingerprint density at radius 3 is 2.90 bits per heavy atom. The van der Waals surface area contributed by atoms with Crippen molar-refractivity contribution in [3.8, 4) is 0 Å². The Morgan fingerprint density at radius 2 is 2.19 bits per heavy atom. The van der Waals surface area contributed by atoms with Gasteiger partial charge in [-0.3, -0.25) is 9.88 Å². The van der Waals surface area contributed by atoms with Gasteiger partial charge in [0.25, 0.3) is 0 Å². The van der Waals surface area contributed by atoms with Crippen LogP contribution in [0.25, 0.3) is 0 Å². The second kappa shape index (κ2) is 8.26. The van der Waals surface area contributed by atoms with Crippen molar-refractivity contribution in [1.29, 1.82) is 0 Å². The number of aromatic nitrogens is 1. The zero-order valence-corrected chi connectivity index (χ0v) is 13.1. The molecule has 1 saturated heterocycles. The Bertz CT molecular complexity index is 463. The molecule has 1 aromatic heterocycles. The van der Waals surface area contributed by atoms with E-state index in [1.54, 1.807) is 0 Å². The molecule has 1 aliphatic heterocycles. The van der Waals surface area contributed by atoms with Crippen molar-refractivity contribution in [2.75, 3.05) is 19.6 Å². The molecule has 1 fully saturated rings. The number of pyridine rings is 1. The highest BCUT2D eigenvalue weighted by Gasteiger charge is 2.12. The summed E-state index contributed by atoms with van der Waals surface area (Å²) in [6, 6.07) is 4.14. The molecule has 2 rings (SSSR count). The molecule has 0 aliphatic carbocycles. The SMILES string of the molecule is NC(=S)NCC(O)Cc1cc(CN2CCCCC2)ccn1. The van der Waals surface area contributed by atoms with Crippen LogP contribution in [-0.2, 0) is 13.0 Å². The molecule has 116 valence electrons. The first-order valence-electron chi connectivity index (χ1n) is 7.51. The highest BCUT2D eigenvalue weighted by molar-refractivity contribution is 7.80. The Hall–Kier alpha value is -1.24. The molecule has 2 heterocycles. The Balaban J connectivity index is 1.86. The maximum atomic E-state index is 9.94. The van der Waals surface area contributed by atoms with Gasteiger partial charge in [0.05, 0.1) is 6.10 Å². The van der Waals surface area contributed by atoms with Gasteiger partial charge in [-0.15, -0.1) is 0 Å². The molecule has 0 bridgehead atoms. The number of likely N-dealkylation sites (tertiary alicyclic amines) is 1. The maximum absolute atomic E-state index is 9.94. The average Bonchev–Trinajstić information content (AvgIpc) is 2.46. The zero-order chi connectivity index (χ0) is 15.1. The fraction of sp³-hybridized carbons (Fsp3) is 0.600. The number of nitrogens with two attached hydrogens (primary N) is 1. The number of hydrogen-bond acceptors (Lipinski definition) is 4. The van der Waals surface area contributed by atoms with Gasteiger partial charge in [-0.05, 0) is 55.8 Å². The van der Waals surface area contributed by atoms with Gasteiger partial charge in [0, 0.05) is 31.4 Å². The standard InChI is InChI=1S/C15H24N4OS/c16-15(21)18-10-14(20)9-13-8-12(4-5-17-13)11-19-6-2-1-3-7-19/h4-5,8,14,20H,1-3,6-7,9-11H2,(H3,16,18,21). The molecule has 1 unspecified atom stereocenters. The Kier molecular flexibility index (Phi) is 6.35. The lowest BCUT2D eigenvalue weighted by Gasteiger charge is -2.26. The van der Waals surface area contributed by atoms with Crippen LogP contribution in [0.1, 0.15) is 30.5 Å². The summed E-state index contributed by atoms with van der Waals surface area (Å²) in [5.41, 5.74) is 7.52. The molecule has 21 heavy (non-hydrogen) atoms. The van der Waals surface area contributed by atoms with Crippen molar-refractivity contribution >= 4 is 17.3 Å². The summed E-state index contributed by atoms with van der Waals surface area (Å²) in [4.78, 5) is 6.81. The topological polar surface area (TPSA) is 74.4 Å². The van der Waals surface area contributed by atoms with Crippen LogP contribution in [-0.4, -0.2) is 45.8 Å². The fourth-order valence-corrected chi connectivity index (χ4v) is 2.73. The van der Waals surface area contributed by atoms with Crippen LogP contribution in [0.2, 0.25) is 0 Å². The lowest BCUT2D eigenvalue weighted by Crippen LogP contribution is -2.36. The summed E-state index contributed by atoms with van der Waals surface area (Å²) in [5.74, 6) is 0. The first-order valence-corrected chi connectivity index (χ1v) is 7.92. The normalized spacial score (nSPS) is 17.4. The molecule has 5 nitrogen and oxygen atoms in total. The van der Waals surface area contributed by atoms with Gasteiger partial charge in [-0.1, -0.05) is 6.42 Å². The highest BCUT2D eigenvalue weighted by atomic mass is 32.1. The van der Waals surface area contributed by atoms with Gasteiger partial charge < -0.3 is 16.2 Å². The van der Waals surface area contributed by atoms with E-state index in [0.717, 1.165) is 12.2 Å². The molecule has 0 aromatic carbocycles. The first kappa shape index (κ1) is 16.1. The molecule has 0 saturated carbocycles. The second-order valence-corrected chi connectivity index (χ2v) is 6.04. The zero-order valence-electron chi connectivity index (χ0n) is 12.3. The van der Waals surface area contributed by atoms with Crippen LogP contribution in [0.5, 0.6) is 0 Å². The summed E-state index contributed by atoms with van der Waals surface area (Å²) < 4.78 is 0. The van der Waals surface area contributed by atoms with Crippen LogP contribution in [0.3, 0.4) is 0 Å². The third kappa shape index (κ3) is 5.95. The fourth-order valence-electron chi connectivity index (χ4n) is 2.65. The molecule has 0 amide bonds. The van der Waals surface area contributed by atoms with Crippen molar-refractivity contribution in [1.82, 2.24) is 15.2 Å². The number of hydrogen-bond donors (Lipinski definition) is 3. The van der Waals surface area contributed by atoms with Crippen molar-refractivity contribution in [3.05, 3.63) is 29.6 Å². The van der Waals surface area contributed by atoms with Crippen molar-refractivity contribution in [2.45, 2.75) is 38.3 Å². The molecule has 0 spiro atoms. The van der Waals surface area contributed by atoms with Gasteiger partial charge in [0.15, 0.2) is 5.11 Å². The molecule has 6 heteroatoms. The number of nitrogens with zero attached hydrogens (tertiary/aromatic N) is 2. The van der Waals surface area contributed by atoms with Gasteiger partial charge in [0.2, 0.25) is 0 Å². The van der Waals surface area contributed by atoms with Crippen LogP contribution >= 0.6 is 12.2 Å². The van der Waals surface area contributed by atoms with Crippen molar-refractivity contribution < 1.29 is 5.11 Å². The molecule has 1 aromatic rings. The monoisotopic (exact) mass is 308 g/mol. The van der Waals surface area contributed by atoms with Crippen LogP contribution < -0.4 is 11.1 Å². The minimum absolute atomic E-state index is 0.209. The first-order chi connectivity index (χ1) is 10.1. The lowest BCUT2D eigenvalue weighted by atomic mass is 10.1. The summed E-state index contributed by atoms with van der Waals surface area (Å²) in [5, 5.41) is 12.9. The number of thiocarbonyl (C=S) groups is 1. The average molecular weight is 308 g/mol. The highest BCUT2D eigenvalue weighted by Crippen LogP contribution is 2.13. The summed E-state index contributed by atoms with van der Waals surface area (Å²) >= 11 is 4.72. The summed E-state index contributed by atoms with van der Waals surface area (Å²) in [6.07, 6.45) is 5.72. The minimum atomic E-state index is -0.538. The van der Waals surface area contributed by atoms with E-state index in [1.165, 1.54) is 37.9 Å². The third-order valence-electron chi connectivity index (χ3n) is 3.69. The van der Waals surface area contributed by atoms with E-state index >= 15 is 0 Å². The smallest absolute Gasteiger partial charge is 0.163 e. The molecular formula is C15H24N4OS. The van der Waals surface area contributed by atoms with Crippen LogP contribution in [0, 0.1) is 0 Å². The minimum Gasteiger partial charge on any atom is -0.391 e. The largest absolute Gasteiger partial charge is 0.391 e. The molecule has 0 radical (unpaired) electrons. The van der Waals surface area contributed by atoms with Crippen molar-refractivity contribution in [2.24, 2.45) is 5.73 Å². The maximum Gasteiger partial charge on any atom is 0.163 e. The van der Waals surface area contributed by atoms with E-state index in [9.17, 15) is 5.11 Å². The van der Waals surface area contributed by atoms with E-state index in [0.29, 0.717) is 13.0 Å². The Morgan fingerprint density at radius 1 is 1.43 bits per heavy atom. The molecular weight excluding hydrogens is 284 g/mol. The Labute approximate surface area is 131 Å². The van der Waals surface area contributed by atoms with Crippen molar-refractivity contribution in [3.63, 3.8) is 0 Å². The van der Waals surface area contributed by atoms with Gasteiger partial charge in [-0.2, -0.15) is 0 Å². The summed E-state index contributed by atoms with van der Waals surface area (Å²) in [7, 11) is 0. The number of piperidine rings is 1. The number of nitrogens with one attached hydrogen (secondary N) is 1. The number of rotatable bonds is 6. The third-order valence-corrected chi connectivity index (χ3v) is 3.84. The summed E-state index contributed by atoms with van der Waals surface area (Å²) in [6.45, 7) is 3.68. The number of aliphatic hydroxyl groups is 1. The lowest BCUT2D eigenvalue weighted by molar-refractivity contribution is 0.177. The van der Waals surface area contributed by atoms with E-state index in [1.807, 2.05) is 6.20 Å². The quantitative estimate of drug-likeness (QED) is 0.675. The van der Waals surface area contributed by atoms with Gasteiger partial charge in [0.1, 0.15) is 0 Å². The van der Waals surface area contributed by atoms with E-state index in [4.69, 9.17) is 18.0 Å². The second-order valence-electron chi connectivity index (χ2n) is 5.60. The molecule has 4 N–H and O–H groups in total. The van der Waals surface area contributed by atoms with E-state index in [-0.39, 0.29) is 5.11 Å². The van der Waals surface area contributed by atoms with Crippen LogP contribution in [0.4, 0.5) is 0 Å². The molecule has 1 atom stereocenters. The van der Waals surface area contributed by atoms with E-state index < -0.39 is 6.10 Å². The predicted molar refractivity (Wildman–Crippen MR) is 87.9 cm³/mol. The van der Waals surface area contributed by atoms with Crippen LogP contribution in [0.15, 0.2) is 18.3 Å². The predicted octanol–water partition coefficient (Wildman–Crippen LogP) is 0.804. The molecule has 1 aliphatic rings. The van der Waals surface area contributed by atoms with Gasteiger partial charge >= 0.3 is 0 Å². The number of aliphatic hydroxyl groups excluding tert-OH is 1.